The summed E-state index contributed by atoms with van der Waals surface area (Å²) in [7, 11) is 0. The summed E-state index contributed by atoms with van der Waals surface area (Å²) in [5, 5.41) is 13.2. The van der Waals surface area contributed by atoms with Crippen LogP contribution in [-0.4, -0.2) is 36.2 Å². The minimum Gasteiger partial charge on any atom is -0.508 e. The highest BCUT2D eigenvalue weighted by Crippen LogP contribution is 2.25. The smallest absolute Gasteiger partial charge is 0.126 e. The zero-order valence-electron chi connectivity index (χ0n) is 11.7. The molecule has 19 heavy (non-hydrogen) atoms. The number of phenolic OH excluding ortho intramolecular Hbond substituents is 1. The molecule has 1 heterocycles. The van der Waals surface area contributed by atoms with Crippen molar-refractivity contribution in [3.05, 3.63) is 29.6 Å². The Balaban J connectivity index is 1.86. The van der Waals surface area contributed by atoms with E-state index < -0.39 is 5.82 Å². The highest BCUT2D eigenvalue weighted by Gasteiger charge is 2.21. The topological polar surface area (TPSA) is 35.5 Å². The van der Waals surface area contributed by atoms with Crippen LogP contribution in [0.5, 0.6) is 5.75 Å². The fourth-order valence-corrected chi connectivity index (χ4v) is 2.70. The molecule has 3 nitrogen and oxygen atoms in total. The van der Waals surface area contributed by atoms with Crippen LogP contribution < -0.4 is 5.32 Å². The van der Waals surface area contributed by atoms with Gasteiger partial charge in [0.05, 0.1) is 0 Å². The molecular formula is C15H23FN2O. The van der Waals surface area contributed by atoms with Gasteiger partial charge in [0.25, 0.3) is 0 Å². The lowest BCUT2D eigenvalue weighted by Gasteiger charge is -2.19. The van der Waals surface area contributed by atoms with Gasteiger partial charge in [-0.25, -0.2) is 4.39 Å². The van der Waals surface area contributed by atoms with E-state index in [0.29, 0.717) is 5.92 Å². The molecule has 2 rings (SSSR count). The lowest BCUT2D eigenvalue weighted by Crippen LogP contribution is -2.28. The molecule has 2 unspecified atom stereocenters. The Labute approximate surface area is 114 Å². The summed E-state index contributed by atoms with van der Waals surface area (Å²) in [5.74, 6) is 0.300. The SMILES string of the molecule is CCN1CCC(CNC(C)c2ccc(F)cc2O)C1. The van der Waals surface area contributed by atoms with Crippen molar-refractivity contribution < 1.29 is 9.50 Å². The minimum absolute atomic E-state index is 0.0293. The first kappa shape index (κ1) is 14.3. The molecule has 1 aliphatic rings. The number of hydrogen-bond donors (Lipinski definition) is 2. The molecule has 0 aromatic heterocycles. The number of likely N-dealkylation sites (tertiary alicyclic amines) is 1. The van der Waals surface area contributed by atoms with Crippen molar-refractivity contribution in [2.24, 2.45) is 5.92 Å². The number of aromatic hydroxyl groups is 1. The number of benzene rings is 1. The van der Waals surface area contributed by atoms with Crippen LogP contribution in [0.15, 0.2) is 18.2 Å². The zero-order chi connectivity index (χ0) is 13.8. The number of hydrogen-bond acceptors (Lipinski definition) is 3. The summed E-state index contributed by atoms with van der Waals surface area (Å²) < 4.78 is 12.9. The molecule has 1 aromatic rings. The number of rotatable bonds is 5. The average molecular weight is 266 g/mol. The predicted molar refractivity (Wildman–Crippen MR) is 74.7 cm³/mol. The van der Waals surface area contributed by atoms with E-state index in [4.69, 9.17) is 0 Å². The Morgan fingerprint density at radius 1 is 1.53 bits per heavy atom. The van der Waals surface area contributed by atoms with Crippen molar-refractivity contribution in [3.63, 3.8) is 0 Å². The number of nitrogens with zero attached hydrogens (tertiary/aromatic N) is 1. The number of nitrogens with one attached hydrogen (secondary N) is 1. The second kappa shape index (κ2) is 6.35. The highest BCUT2D eigenvalue weighted by molar-refractivity contribution is 5.34. The van der Waals surface area contributed by atoms with Crippen LogP contribution in [0.4, 0.5) is 4.39 Å². The van der Waals surface area contributed by atoms with E-state index in [9.17, 15) is 9.50 Å². The summed E-state index contributed by atoms with van der Waals surface area (Å²) in [6, 6.07) is 4.25. The van der Waals surface area contributed by atoms with Gasteiger partial charge in [-0.2, -0.15) is 0 Å². The lowest BCUT2D eigenvalue weighted by molar-refractivity contribution is 0.335. The monoisotopic (exact) mass is 266 g/mol. The first-order valence-electron chi connectivity index (χ1n) is 7.04. The van der Waals surface area contributed by atoms with Crippen molar-refractivity contribution >= 4 is 0 Å². The Hall–Kier alpha value is -1.13. The van der Waals surface area contributed by atoms with Gasteiger partial charge >= 0.3 is 0 Å². The highest BCUT2D eigenvalue weighted by atomic mass is 19.1. The summed E-state index contributed by atoms with van der Waals surface area (Å²) >= 11 is 0. The van der Waals surface area contributed by atoms with Gasteiger partial charge in [0.15, 0.2) is 0 Å². The maximum Gasteiger partial charge on any atom is 0.126 e. The van der Waals surface area contributed by atoms with Gasteiger partial charge in [-0.3, -0.25) is 0 Å². The molecule has 1 fully saturated rings. The Bertz CT molecular complexity index is 425. The van der Waals surface area contributed by atoms with Crippen LogP contribution in [0.2, 0.25) is 0 Å². The largest absolute Gasteiger partial charge is 0.508 e. The summed E-state index contributed by atoms with van der Waals surface area (Å²) in [5.41, 5.74) is 0.756. The van der Waals surface area contributed by atoms with Crippen molar-refractivity contribution in [2.45, 2.75) is 26.3 Å². The van der Waals surface area contributed by atoms with Gasteiger partial charge in [0.1, 0.15) is 11.6 Å². The molecule has 0 aliphatic carbocycles. The quantitative estimate of drug-likeness (QED) is 0.859. The molecule has 106 valence electrons. The second-order valence-corrected chi connectivity index (χ2v) is 5.38. The van der Waals surface area contributed by atoms with Crippen molar-refractivity contribution in [1.29, 1.82) is 0 Å². The molecule has 0 radical (unpaired) electrons. The van der Waals surface area contributed by atoms with Crippen LogP contribution in [0, 0.1) is 11.7 Å². The molecule has 0 amide bonds. The molecule has 1 saturated heterocycles. The van der Waals surface area contributed by atoms with E-state index in [0.717, 1.165) is 25.2 Å². The second-order valence-electron chi connectivity index (χ2n) is 5.38. The number of phenols is 1. The summed E-state index contributed by atoms with van der Waals surface area (Å²) in [6.45, 7) is 8.57. The van der Waals surface area contributed by atoms with Gasteiger partial charge in [-0.15, -0.1) is 0 Å². The third kappa shape index (κ3) is 3.67. The van der Waals surface area contributed by atoms with Crippen molar-refractivity contribution in [3.8, 4) is 5.75 Å². The Morgan fingerprint density at radius 3 is 2.95 bits per heavy atom. The number of halogens is 1. The third-order valence-corrected chi connectivity index (χ3v) is 3.99. The van der Waals surface area contributed by atoms with Crippen molar-refractivity contribution in [1.82, 2.24) is 10.2 Å². The van der Waals surface area contributed by atoms with E-state index in [-0.39, 0.29) is 11.8 Å². The normalized spacial score (nSPS) is 21.7. The molecule has 1 aliphatic heterocycles. The van der Waals surface area contributed by atoms with E-state index in [1.807, 2.05) is 6.92 Å². The average Bonchev–Trinajstić information content (AvgIpc) is 2.84. The standard InChI is InChI=1S/C15H23FN2O/c1-3-18-7-6-12(10-18)9-17-11(2)14-5-4-13(16)8-15(14)19/h4-5,8,11-12,17,19H,3,6-7,9-10H2,1-2H3. The third-order valence-electron chi connectivity index (χ3n) is 3.99. The molecule has 0 spiro atoms. The lowest BCUT2D eigenvalue weighted by atomic mass is 10.0. The van der Waals surface area contributed by atoms with E-state index >= 15 is 0 Å². The molecule has 0 saturated carbocycles. The Kier molecular flexibility index (Phi) is 4.77. The maximum atomic E-state index is 12.9. The van der Waals surface area contributed by atoms with Gasteiger partial charge in [-0.05, 0) is 45.0 Å². The van der Waals surface area contributed by atoms with Gasteiger partial charge in [0, 0.05) is 24.2 Å². The van der Waals surface area contributed by atoms with Crippen LogP contribution in [0.3, 0.4) is 0 Å². The summed E-state index contributed by atoms with van der Waals surface area (Å²) in [6.07, 6.45) is 1.23. The molecule has 0 bridgehead atoms. The fraction of sp³-hybridized carbons (Fsp3) is 0.600. The zero-order valence-corrected chi connectivity index (χ0v) is 11.7. The van der Waals surface area contributed by atoms with Crippen LogP contribution in [-0.2, 0) is 0 Å². The molecule has 2 atom stereocenters. The van der Waals surface area contributed by atoms with E-state index in [1.54, 1.807) is 6.07 Å². The molecule has 1 aromatic carbocycles. The summed E-state index contributed by atoms with van der Waals surface area (Å²) in [4.78, 5) is 2.45. The molecule has 2 N–H and O–H groups in total. The predicted octanol–water partition coefficient (Wildman–Crippen LogP) is 2.52. The van der Waals surface area contributed by atoms with Gasteiger partial charge in [0.2, 0.25) is 0 Å². The maximum absolute atomic E-state index is 12.9. The van der Waals surface area contributed by atoms with Gasteiger partial charge < -0.3 is 15.3 Å². The first-order chi connectivity index (χ1) is 9.10. The molecule has 4 heteroatoms. The van der Waals surface area contributed by atoms with Crippen LogP contribution in [0.25, 0.3) is 0 Å². The van der Waals surface area contributed by atoms with Crippen LogP contribution >= 0.6 is 0 Å². The Morgan fingerprint density at radius 2 is 2.32 bits per heavy atom. The minimum atomic E-state index is -0.400. The van der Waals surface area contributed by atoms with Gasteiger partial charge in [-0.1, -0.05) is 13.0 Å². The van der Waals surface area contributed by atoms with E-state index in [2.05, 4.69) is 17.1 Å². The fourth-order valence-electron chi connectivity index (χ4n) is 2.70. The first-order valence-corrected chi connectivity index (χ1v) is 7.04. The molecular weight excluding hydrogens is 243 g/mol. The van der Waals surface area contributed by atoms with Crippen LogP contribution in [0.1, 0.15) is 31.9 Å². The van der Waals surface area contributed by atoms with Crippen molar-refractivity contribution in [2.75, 3.05) is 26.2 Å². The van der Waals surface area contributed by atoms with E-state index in [1.165, 1.54) is 25.1 Å².